The van der Waals surface area contributed by atoms with Crippen molar-refractivity contribution < 1.29 is 17.9 Å². The third-order valence-electron chi connectivity index (χ3n) is 5.30. The van der Waals surface area contributed by atoms with E-state index in [2.05, 4.69) is 5.32 Å². The predicted octanol–water partition coefficient (Wildman–Crippen LogP) is 4.04. The second-order valence-corrected chi connectivity index (χ2v) is 9.52. The van der Waals surface area contributed by atoms with Crippen LogP contribution in [0, 0.1) is 6.92 Å². The van der Waals surface area contributed by atoms with E-state index in [1.807, 2.05) is 26.0 Å². The average Bonchev–Trinajstić information content (AvgIpc) is 2.74. The lowest BCUT2D eigenvalue weighted by Crippen LogP contribution is -2.44. The number of rotatable bonds is 8. The average molecular weight is 431 g/mol. The van der Waals surface area contributed by atoms with Gasteiger partial charge in [0.2, 0.25) is 5.91 Å². The topological polar surface area (TPSA) is 75.7 Å². The number of carbonyl (C=O) groups is 1. The van der Waals surface area contributed by atoms with Crippen LogP contribution in [0.3, 0.4) is 0 Å². The molecule has 1 N–H and O–H groups in total. The number of hydrogen-bond acceptors (Lipinski definition) is 4. The van der Waals surface area contributed by atoms with E-state index in [1.54, 1.807) is 24.3 Å². The number of nitrogens with zero attached hydrogens (tertiary/aromatic N) is 1. The Morgan fingerprint density at radius 2 is 1.67 bits per heavy atom. The third kappa shape index (κ3) is 5.53. The van der Waals surface area contributed by atoms with Gasteiger partial charge in [0.1, 0.15) is 12.3 Å². The summed E-state index contributed by atoms with van der Waals surface area (Å²) < 4.78 is 33.4. The fourth-order valence-electron chi connectivity index (χ4n) is 3.68. The van der Waals surface area contributed by atoms with Gasteiger partial charge < -0.3 is 10.1 Å². The Hall–Kier alpha value is -2.54. The first-order chi connectivity index (χ1) is 14.4. The van der Waals surface area contributed by atoms with Crippen molar-refractivity contribution in [1.82, 2.24) is 5.32 Å². The van der Waals surface area contributed by atoms with Crippen LogP contribution in [0.5, 0.6) is 5.75 Å². The molecular formula is C23H30N2O4S. The highest BCUT2D eigenvalue weighted by Gasteiger charge is 2.28. The smallest absolute Gasteiger partial charge is 0.264 e. The fraction of sp³-hybridized carbons (Fsp3) is 0.435. The van der Waals surface area contributed by atoms with Gasteiger partial charge >= 0.3 is 0 Å². The minimum absolute atomic E-state index is 0.122. The molecule has 2 aromatic carbocycles. The van der Waals surface area contributed by atoms with Crippen LogP contribution in [-0.4, -0.2) is 33.5 Å². The molecule has 162 valence electrons. The molecule has 2 aromatic rings. The number of aryl methyl sites for hydroxylation is 1. The van der Waals surface area contributed by atoms with E-state index in [4.69, 9.17) is 4.74 Å². The van der Waals surface area contributed by atoms with Gasteiger partial charge in [-0.15, -0.1) is 0 Å². The summed E-state index contributed by atoms with van der Waals surface area (Å²) in [6.07, 6.45) is 5.27. The van der Waals surface area contributed by atoms with Crippen molar-refractivity contribution in [1.29, 1.82) is 0 Å². The fourth-order valence-corrected chi connectivity index (χ4v) is 5.10. The number of amides is 1. The largest absolute Gasteiger partial charge is 0.494 e. The van der Waals surface area contributed by atoms with E-state index < -0.39 is 10.0 Å². The molecule has 0 spiro atoms. The molecule has 1 amide bonds. The first-order valence-electron chi connectivity index (χ1n) is 10.5. The van der Waals surface area contributed by atoms with E-state index in [1.165, 1.54) is 22.9 Å². The third-order valence-corrected chi connectivity index (χ3v) is 7.09. The number of benzene rings is 2. The van der Waals surface area contributed by atoms with E-state index in [0.717, 1.165) is 31.2 Å². The van der Waals surface area contributed by atoms with E-state index in [9.17, 15) is 13.2 Å². The zero-order chi connectivity index (χ0) is 21.6. The van der Waals surface area contributed by atoms with Crippen LogP contribution in [0.25, 0.3) is 0 Å². The molecule has 0 radical (unpaired) electrons. The lowest BCUT2D eigenvalue weighted by molar-refractivity contribution is -0.120. The molecule has 3 rings (SSSR count). The summed E-state index contributed by atoms with van der Waals surface area (Å²) in [7, 11) is -3.92. The second-order valence-electron chi connectivity index (χ2n) is 7.65. The molecule has 30 heavy (non-hydrogen) atoms. The standard InChI is InChI=1S/C23H30N2O4S/c1-3-29-21-13-15-22(16-14-21)30(27,28)25(20-11-9-18(2)10-12-20)17-23(26)24-19-7-5-4-6-8-19/h9-16,19H,3-8,17H2,1-2H3,(H,24,26). The van der Waals surface area contributed by atoms with Gasteiger partial charge in [-0.1, -0.05) is 37.0 Å². The van der Waals surface area contributed by atoms with E-state index in [-0.39, 0.29) is 23.4 Å². The highest BCUT2D eigenvalue weighted by atomic mass is 32.2. The monoisotopic (exact) mass is 430 g/mol. The van der Waals surface area contributed by atoms with Crippen molar-refractivity contribution >= 4 is 21.6 Å². The van der Waals surface area contributed by atoms with Crippen LogP contribution in [0.15, 0.2) is 53.4 Å². The zero-order valence-electron chi connectivity index (χ0n) is 17.6. The molecule has 0 heterocycles. The summed E-state index contributed by atoms with van der Waals surface area (Å²) in [6, 6.07) is 13.6. The first-order valence-corrected chi connectivity index (χ1v) is 12.0. The van der Waals surface area contributed by atoms with Crippen LogP contribution in [0.1, 0.15) is 44.6 Å². The molecule has 1 aliphatic rings. The molecule has 7 heteroatoms. The molecule has 0 atom stereocenters. The molecule has 1 aliphatic carbocycles. The van der Waals surface area contributed by atoms with Crippen LogP contribution >= 0.6 is 0 Å². The van der Waals surface area contributed by atoms with Gasteiger partial charge in [0.15, 0.2) is 0 Å². The van der Waals surface area contributed by atoms with Crippen molar-refractivity contribution in [2.45, 2.75) is 56.9 Å². The second kappa shape index (κ2) is 9.98. The van der Waals surface area contributed by atoms with Gasteiger partial charge in [-0.3, -0.25) is 9.10 Å². The summed E-state index contributed by atoms with van der Waals surface area (Å²) in [6.45, 7) is 4.05. The first kappa shape index (κ1) is 22.2. The summed E-state index contributed by atoms with van der Waals surface area (Å²) in [4.78, 5) is 12.9. The Bertz CT molecular complexity index is 934. The van der Waals surface area contributed by atoms with Crippen molar-refractivity contribution in [3.8, 4) is 5.75 Å². The molecule has 1 fully saturated rings. The molecule has 0 bridgehead atoms. The SMILES string of the molecule is CCOc1ccc(S(=O)(=O)N(CC(=O)NC2CCCCC2)c2ccc(C)cc2)cc1. The number of carbonyl (C=O) groups excluding carboxylic acids is 1. The highest BCUT2D eigenvalue weighted by Crippen LogP contribution is 2.26. The van der Waals surface area contributed by atoms with Crippen molar-refractivity contribution in [2.75, 3.05) is 17.5 Å². The number of anilines is 1. The summed E-state index contributed by atoms with van der Waals surface area (Å²) in [5.41, 5.74) is 1.48. The predicted molar refractivity (Wildman–Crippen MR) is 118 cm³/mol. The van der Waals surface area contributed by atoms with Crippen LogP contribution in [0.4, 0.5) is 5.69 Å². The zero-order valence-corrected chi connectivity index (χ0v) is 18.5. The molecular weight excluding hydrogens is 400 g/mol. The number of nitrogens with one attached hydrogen (secondary N) is 1. The minimum Gasteiger partial charge on any atom is -0.494 e. The number of hydrogen-bond donors (Lipinski definition) is 1. The van der Waals surface area contributed by atoms with Crippen LogP contribution < -0.4 is 14.4 Å². The Labute approximate surface area is 179 Å². The Balaban J connectivity index is 1.86. The quantitative estimate of drug-likeness (QED) is 0.686. The Morgan fingerprint density at radius 1 is 1.03 bits per heavy atom. The Morgan fingerprint density at radius 3 is 2.27 bits per heavy atom. The van der Waals surface area contributed by atoms with E-state index in [0.29, 0.717) is 18.0 Å². The molecule has 6 nitrogen and oxygen atoms in total. The molecule has 0 aliphatic heterocycles. The summed E-state index contributed by atoms with van der Waals surface area (Å²) >= 11 is 0. The number of ether oxygens (including phenoxy) is 1. The molecule has 0 unspecified atom stereocenters. The van der Waals surface area contributed by atoms with Crippen molar-refractivity contribution in [3.63, 3.8) is 0 Å². The molecule has 0 saturated heterocycles. The lowest BCUT2D eigenvalue weighted by atomic mass is 9.95. The van der Waals surface area contributed by atoms with Gasteiger partial charge in [-0.05, 0) is 63.1 Å². The van der Waals surface area contributed by atoms with Gasteiger partial charge in [-0.2, -0.15) is 0 Å². The highest BCUT2D eigenvalue weighted by molar-refractivity contribution is 7.92. The van der Waals surface area contributed by atoms with Gasteiger partial charge in [0, 0.05) is 6.04 Å². The van der Waals surface area contributed by atoms with Gasteiger partial charge in [-0.25, -0.2) is 8.42 Å². The summed E-state index contributed by atoms with van der Waals surface area (Å²) in [5, 5.41) is 3.01. The maximum atomic E-state index is 13.4. The van der Waals surface area contributed by atoms with Crippen LogP contribution in [0.2, 0.25) is 0 Å². The molecule has 1 saturated carbocycles. The van der Waals surface area contributed by atoms with Crippen LogP contribution in [-0.2, 0) is 14.8 Å². The minimum atomic E-state index is -3.92. The summed E-state index contributed by atoms with van der Waals surface area (Å²) in [5.74, 6) is 0.324. The maximum absolute atomic E-state index is 13.4. The van der Waals surface area contributed by atoms with Crippen molar-refractivity contribution in [2.24, 2.45) is 0 Å². The maximum Gasteiger partial charge on any atom is 0.264 e. The normalized spacial score (nSPS) is 14.9. The Kier molecular flexibility index (Phi) is 7.37. The lowest BCUT2D eigenvalue weighted by Gasteiger charge is -2.27. The van der Waals surface area contributed by atoms with E-state index >= 15 is 0 Å². The van der Waals surface area contributed by atoms with Crippen molar-refractivity contribution in [3.05, 3.63) is 54.1 Å². The van der Waals surface area contributed by atoms with Gasteiger partial charge in [0.25, 0.3) is 10.0 Å². The molecule has 0 aromatic heterocycles. The number of sulfonamides is 1. The van der Waals surface area contributed by atoms with Gasteiger partial charge in [0.05, 0.1) is 17.2 Å².